The number of aliphatic imine (C=N–C) groups is 1. The lowest BCUT2D eigenvalue weighted by Crippen LogP contribution is -1.96. The molecule has 0 fully saturated rings. The van der Waals surface area contributed by atoms with E-state index in [1.54, 1.807) is 24.4 Å². The van der Waals surface area contributed by atoms with Crippen molar-refractivity contribution in [3.8, 4) is 5.75 Å². The number of hydrogen-bond donors (Lipinski definition) is 1. The van der Waals surface area contributed by atoms with Crippen LogP contribution in [0.4, 0.5) is 5.69 Å². The molecule has 0 spiro atoms. The molecule has 2 aromatic rings. The molecule has 0 aliphatic heterocycles. The summed E-state index contributed by atoms with van der Waals surface area (Å²) in [5, 5.41) is 9.09. The highest BCUT2D eigenvalue weighted by molar-refractivity contribution is 5.95. The van der Waals surface area contributed by atoms with Crippen molar-refractivity contribution in [2.45, 2.75) is 13.3 Å². The highest BCUT2D eigenvalue weighted by atomic mass is 16.5. The molecule has 0 atom stereocenters. The Bertz CT molecular complexity index is 633. The van der Waals surface area contributed by atoms with Crippen LogP contribution in [-0.2, 0) is 0 Å². The molecule has 21 heavy (non-hydrogen) atoms. The Hall–Kier alpha value is -2.62. The maximum atomic E-state index is 11.1. The van der Waals surface area contributed by atoms with Gasteiger partial charge in [-0.3, -0.25) is 4.99 Å². The predicted molar refractivity (Wildman–Crippen MR) is 82.9 cm³/mol. The normalized spacial score (nSPS) is 10.7. The summed E-state index contributed by atoms with van der Waals surface area (Å²) in [6, 6.07) is 14.2. The summed E-state index contributed by atoms with van der Waals surface area (Å²) in [7, 11) is 0. The average molecular weight is 283 g/mol. The molecule has 0 saturated heterocycles. The fraction of sp³-hybridized carbons (Fsp3) is 0.176. The molecule has 108 valence electrons. The van der Waals surface area contributed by atoms with Crippen LogP contribution in [0.25, 0.3) is 0 Å². The quantitative estimate of drug-likeness (QED) is 0.817. The summed E-state index contributed by atoms with van der Waals surface area (Å²) in [5.41, 5.74) is 1.52. The molecule has 2 rings (SSSR count). The fourth-order valence-electron chi connectivity index (χ4n) is 1.78. The van der Waals surface area contributed by atoms with Crippen molar-refractivity contribution in [2.75, 3.05) is 6.61 Å². The van der Waals surface area contributed by atoms with Gasteiger partial charge in [0.05, 0.1) is 17.9 Å². The third-order valence-corrected chi connectivity index (χ3v) is 2.84. The Morgan fingerprint density at radius 1 is 1.19 bits per heavy atom. The molecule has 0 aliphatic carbocycles. The van der Waals surface area contributed by atoms with Crippen LogP contribution in [0.15, 0.2) is 53.5 Å². The van der Waals surface area contributed by atoms with E-state index in [0.29, 0.717) is 12.3 Å². The van der Waals surface area contributed by atoms with Crippen molar-refractivity contribution in [1.29, 1.82) is 0 Å². The Balaban J connectivity index is 2.12. The summed E-state index contributed by atoms with van der Waals surface area (Å²) in [6.07, 6.45) is 2.61. The number of rotatable bonds is 6. The molecule has 0 saturated carbocycles. The number of aromatic carboxylic acids is 1. The van der Waals surface area contributed by atoms with Gasteiger partial charge in [-0.25, -0.2) is 4.79 Å². The monoisotopic (exact) mass is 283 g/mol. The minimum Gasteiger partial charge on any atom is -0.494 e. The van der Waals surface area contributed by atoms with Gasteiger partial charge in [-0.2, -0.15) is 0 Å². The second-order valence-electron chi connectivity index (χ2n) is 4.50. The molecule has 4 nitrogen and oxygen atoms in total. The molecular formula is C17H17NO3. The molecule has 0 heterocycles. The molecule has 0 amide bonds. The molecule has 0 radical (unpaired) electrons. The van der Waals surface area contributed by atoms with Crippen molar-refractivity contribution in [3.05, 3.63) is 59.7 Å². The highest BCUT2D eigenvalue weighted by Gasteiger charge is 2.06. The third-order valence-electron chi connectivity index (χ3n) is 2.84. The maximum Gasteiger partial charge on any atom is 0.337 e. The number of carbonyl (C=O) groups is 1. The number of nitrogens with zero attached hydrogens (tertiary/aromatic N) is 1. The lowest BCUT2D eigenvalue weighted by molar-refractivity contribution is 0.0698. The van der Waals surface area contributed by atoms with E-state index in [-0.39, 0.29) is 5.56 Å². The number of ether oxygens (including phenoxy) is 1. The van der Waals surface area contributed by atoms with Gasteiger partial charge >= 0.3 is 5.97 Å². The molecular weight excluding hydrogens is 266 g/mol. The van der Waals surface area contributed by atoms with Gasteiger partial charge in [-0.1, -0.05) is 19.1 Å². The van der Waals surface area contributed by atoms with Gasteiger partial charge in [0.2, 0.25) is 0 Å². The Kier molecular flexibility index (Phi) is 5.10. The van der Waals surface area contributed by atoms with Crippen LogP contribution in [0.1, 0.15) is 29.3 Å². The number of benzene rings is 2. The van der Waals surface area contributed by atoms with Crippen LogP contribution in [0.2, 0.25) is 0 Å². The van der Waals surface area contributed by atoms with E-state index in [1.165, 1.54) is 6.07 Å². The zero-order valence-corrected chi connectivity index (χ0v) is 11.8. The topological polar surface area (TPSA) is 58.9 Å². The fourth-order valence-corrected chi connectivity index (χ4v) is 1.78. The van der Waals surface area contributed by atoms with E-state index in [4.69, 9.17) is 9.84 Å². The third kappa shape index (κ3) is 4.18. The van der Waals surface area contributed by atoms with E-state index in [0.717, 1.165) is 17.7 Å². The smallest absolute Gasteiger partial charge is 0.337 e. The summed E-state index contributed by atoms with van der Waals surface area (Å²) < 4.78 is 5.50. The molecule has 1 N–H and O–H groups in total. The predicted octanol–water partition coefficient (Wildman–Crippen LogP) is 3.92. The van der Waals surface area contributed by atoms with Gasteiger partial charge in [0.15, 0.2) is 0 Å². The highest BCUT2D eigenvalue weighted by Crippen LogP contribution is 2.19. The van der Waals surface area contributed by atoms with Gasteiger partial charge in [-0.15, -0.1) is 0 Å². The zero-order valence-electron chi connectivity index (χ0n) is 11.8. The number of carboxylic acid groups (broad SMARTS) is 1. The number of para-hydroxylation sites is 1. The first-order chi connectivity index (χ1) is 10.2. The van der Waals surface area contributed by atoms with E-state index in [1.807, 2.05) is 24.3 Å². The van der Waals surface area contributed by atoms with Crippen LogP contribution >= 0.6 is 0 Å². The van der Waals surface area contributed by atoms with Crippen molar-refractivity contribution in [3.63, 3.8) is 0 Å². The van der Waals surface area contributed by atoms with Crippen molar-refractivity contribution >= 4 is 17.9 Å². The standard InChI is InChI=1S/C17H17NO3/c1-2-11-21-14-9-7-13(8-10-14)12-18-16-6-4-3-5-15(16)17(19)20/h3-10,12H,2,11H2,1H3,(H,19,20). The van der Waals surface area contributed by atoms with E-state index in [2.05, 4.69) is 11.9 Å². The molecule has 2 aromatic carbocycles. The van der Waals surface area contributed by atoms with Crippen LogP contribution in [0.3, 0.4) is 0 Å². The molecule has 0 aromatic heterocycles. The first-order valence-corrected chi connectivity index (χ1v) is 6.80. The SMILES string of the molecule is CCCOc1ccc(C=Nc2ccccc2C(=O)O)cc1. The summed E-state index contributed by atoms with van der Waals surface area (Å²) in [5.74, 6) is -0.161. The van der Waals surface area contributed by atoms with E-state index in [9.17, 15) is 4.79 Å². The number of hydrogen-bond acceptors (Lipinski definition) is 3. The van der Waals surface area contributed by atoms with Crippen LogP contribution in [0.5, 0.6) is 5.75 Å². The lowest BCUT2D eigenvalue weighted by Gasteiger charge is -2.04. The zero-order chi connectivity index (χ0) is 15.1. The molecule has 0 unspecified atom stereocenters. The molecule has 4 heteroatoms. The molecule has 0 aliphatic rings. The van der Waals surface area contributed by atoms with Crippen molar-refractivity contribution < 1.29 is 14.6 Å². The first kappa shape index (κ1) is 14.8. The van der Waals surface area contributed by atoms with Gasteiger partial charge in [-0.05, 0) is 48.4 Å². The summed E-state index contributed by atoms with van der Waals surface area (Å²) in [6.45, 7) is 2.75. The lowest BCUT2D eigenvalue weighted by atomic mass is 10.2. The second-order valence-corrected chi connectivity index (χ2v) is 4.50. The maximum absolute atomic E-state index is 11.1. The first-order valence-electron chi connectivity index (χ1n) is 6.80. The molecule has 0 bridgehead atoms. The van der Waals surface area contributed by atoms with Crippen LogP contribution in [-0.4, -0.2) is 23.9 Å². The minimum absolute atomic E-state index is 0.191. The summed E-state index contributed by atoms with van der Waals surface area (Å²) in [4.78, 5) is 15.3. The van der Waals surface area contributed by atoms with Gasteiger partial charge in [0, 0.05) is 6.21 Å². The van der Waals surface area contributed by atoms with E-state index < -0.39 is 5.97 Å². The number of carboxylic acids is 1. The Morgan fingerprint density at radius 2 is 1.90 bits per heavy atom. The Morgan fingerprint density at radius 3 is 2.57 bits per heavy atom. The van der Waals surface area contributed by atoms with Gasteiger partial charge < -0.3 is 9.84 Å². The van der Waals surface area contributed by atoms with Crippen LogP contribution in [0, 0.1) is 0 Å². The largest absolute Gasteiger partial charge is 0.494 e. The van der Waals surface area contributed by atoms with Crippen LogP contribution < -0.4 is 4.74 Å². The van der Waals surface area contributed by atoms with Gasteiger partial charge in [0.25, 0.3) is 0 Å². The second kappa shape index (κ2) is 7.24. The van der Waals surface area contributed by atoms with E-state index >= 15 is 0 Å². The Labute approximate surface area is 123 Å². The summed E-state index contributed by atoms with van der Waals surface area (Å²) >= 11 is 0. The average Bonchev–Trinajstić information content (AvgIpc) is 2.52. The van der Waals surface area contributed by atoms with Crippen molar-refractivity contribution in [2.24, 2.45) is 4.99 Å². The van der Waals surface area contributed by atoms with Crippen molar-refractivity contribution in [1.82, 2.24) is 0 Å². The minimum atomic E-state index is -0.980. The van der Waals surface area contributed by atoms with Gasteiger partial charge in [0.1, 0.15) is 5.75 Å².